The van der Waals surface area contributed by atoms with Gasteiger partial charge in [-0.15, -0.1) is 0 Å². The van der Waals surface area contributed by atoms with E-state index in [1.165, 1.54) is 0 Å². The molecule has 1 aromatic rings. The molecule has 4 nitrogen and oxygen atoms in total. The average Bonchev–Trinajstić information content (AvgIpc) is 2.51. The Bertz CT molecular complexity index is 281. The summed E-state index contributed by atoms with van der Waals surface area (Å²) in [6.07, 6.45) is 2.66. The maximum Gasteiger partial charge on any atom is 0.0762 e. The molecule has 0 aromatic carbocycles. The molecule has 0 fully saturated rings. The van der Waals surface area contributed by atoms with Gasteiger partial charge < -0.3 is 10.4 Å². The zero-order valence-corrected chi connectivity index (χ0v) is 9.12. The van der Waals surface area contributed by atoms with Crippen LogP contribution in [0.25, 0.3) is 0 Å². The Balaban J connectivity index is 2.28. The maximum atomic E-state index is 9.72. The molecule has 4 heteroatoms. The van der Waals surface area contributed by atoms with Crippen LogP contribution in [-0.4, -0.2) is 27.0 Å². The van der Waals surface area contributed by atoms with Crippen LogP contribution in [0.4, 0.5) is 0 Å². The van der Waals surface area contributed by atoms with E-state index in [2.05, 4.69) is 10.4 Å². The fourth-order valence-corrected chi connectivity index (χ4v) is 1.14. The third-order valence-corrected chi connectivity index (χ3v) is 2.34. The Kier molecular flexibility index (Phi) is 3.66. The van der Waals surface area contributed by atoms with Crippen molar-refractivity contribution in [2.24, 2.45) is 7.05 Å². The van der Waals surface area contributed by atoms with Gasteiger partial charge in [0.05, 0.1) is 11.3 Å². The third-order valence-electron chi connectivity index (χ3n) is 2.34. The Morgan fingerprint density at radius 2 is 2.36 bits per heavy atom. The Morgan fingerprint density at radius 1 is 1.64 bits per heavy atom. The molecule has 80 valence electrons. The fraction of sp³-hybridized carbons (Fsp3) is 0.700. The van der Waals surface area contributed by atoms with Crippen LogP contribution < -0.4 is 5.32 Å². The molecule has 1 rings (SSSR count). The minimum Gasteiger partial charge on any atom is -0.389 e. The Morgan fingerprint density at radius 3 is 2.86 bits per heavy atom. The predicted octanol–water partition coefficient (Wildman–Crippen LogP) is 0.671. The number of nitrogens with zero attached hydrogens (tertiary/aromatic N) is 2. The van der Waals surface area contributed by atoms with Crippen molar-refractivity contribution in [3.63, 3.8) is 0 Å². The topological polar surface area (TPSA) is 50.1 Å². The van der Waals surface area contributed by atoms with Crippen molar-refractivity contribution in [3.8, 4) is 0 Å². The second kappa shape index (κ2) is 4.57. The highest BCUT2D eigenvalue weighted by Crippen LogP contribution is 2.06. The molecule has 1 unspecified atom stereocenters. The first-order valence-corrected chi connectivity index (χ1v) is 4.95. The minimum absolute atomic E-state index is 0.597. The van der Waals surface area contributed by atoms with Crippen molar-refractivity contribution in [2.75, 3.05) is 6.54 Å². The summed E-state index contributed by atoms with van der Waals surface area (Å²) >= 11 is 0. The minimum atomic E-state index is -0.616. The van der Waals surface area contributed by atoms with Gasteiger partial charge in [0.25, 0.3) is 0 Å². The van der Waals surface area contributed by atoms with E-state index in [-0.39, 0.29) is 0 Å². The summed E-state index contributed by atoms with van der Waals surface area (Å²) in [6, 6.07) is 1.97. The number of aliphatic hydroxyl groups is 1. The molecule has 0 aliphatic carbocycles. The standard InChI is InChI=1S/C10H19N3O/c1-4-10(2,14)8-11-7-9-5-6-13(3)12-9/h5-6,11,14H,4,7-8H2,1-3H3. The van der Waals surface area contributed by atoms with E-state index < -0.39 is 5.60 Å². The summed E-state index contributed by atoms with van der Waals surface area (Å²) in [5.41, 5.74) is 0.383. The van der Waals surface area contributed by atoms with E-state index in [4.69, 9.17) is 0 Å². The number of hydrogen-bond acceptors (Lipinski definition) is 3. The molecule has 0 saturated heterocycles. The van der Waals surface area contributed by atoms with Gasteiger partial charge >= 0.3 is 0 Å². The molecule has 0 aliphatic heterocycles. The summed E-state index contributed by atoms with van der Waals surface area (Å²) in [5.74, 6) is 0. The number of aromatic nitrogens is 2. The van der Waals surface area contributed by atoms with E-state index in [1.54, 1.807) is 4.68 Å². The summed E-state index contributed by atoms with van der Waals surface area (Å²) < 4.78 is 1.77. The van der Waals surface area contributed by atoms with Crippen LogP contribution in [0.2, 0.25) is 0 Å². The van der Waals surface area contributed by atoms with Crippen molar-refractivity contribution in [3.05, 3.63) is 18.0 Å². The quantitative estimate of drug-likeness (QED) is 0.729. The monoisotopic (exact) mass is 197 g/mol. The molecule has 1 aromatic heterocycles. The zero-order valence-electron chi connectivity index (χ0n) is 9.12. The number of hydrogen-bond donors (Lipinski definition) is 2. The van der Waals surface area contributed by atoms with Crippen LogP contribution >= 0.6 is 0 Å². The third kappa shape index (κ3) is 3.47. The Hall–Kier alpha value is -0.870. The van der Waals surface area contributed by atoms with Gasteiger partial charge in [-0.1, -0.05) is 6.92 Å². The van der Waals surface area contributed by atoms with Gasteiger partial charge in [0, 0.05) is 26.3 Å². The first-order valence-electron chi connectivity index (χ1n) is 4.95. The van der Waals surface area contributed by atoms with Crippen molar-refractivity contribution in [1.82, 2.24) is 15.1 Å². The maximum absolute atomic E-state index is 9.72. The lowest BCUT2D eigenvalue weighted by atomic mass is 10.0. The second-order valence-electron chi connectivity index (χ2n) is 3.93. The van der Waals surface area contributed by atoms with Crippen LogP contribution in [0.5, 0.6) is 0 Å². The molecule has 0 spiro atoms. The Labute approximate surface area is 84.9 Å². The number of rotatable bonds is 5. The van der Waals surface area contributed by atoms with Crippen molar-refractivity contribution < 1.29 is 5.11 Å². The van der Waals surface area contributed by atoms with Crippen molar-refractivity contribution >= 4 is 0 Å². The normalized spacial score (nSPS) is 15.4. The molecule has 0 aliphatic rings. The first-order chi connectivity index (χ1) is 6.53. The summed E-state index contributed by atoms with van der Waals surface area (Å²) in [7, 11) is 1.89. The van der Waals surface area contributed by atoms with E-state index in [9.17, 15) is 5.11 Å². The predicted molar refractivity (Wildman–Crippen MR) is 55.8 cm³/mol. The number of nitrogens with one attached hydrogen (secondary N) is 1. The van der Waals surface area contributed by atoms with E-state index in [0.29, 0.717) is 13.1 Å². The molecule has 2 N–H and O–H groups in total. The van der Waals surface area contributed by atoms with Crippen LogP contribution in [0.3, 0.4) is 0 Å². The molecular formula is C10H19N3O. The summed E-state index contributed by atoms with van der Waals surface area (Å²) in [6.45, 7) is 5.11. The largest absolute Gasteiger partial charge is 0.389 e. The van der Waals surface area contributed by atoms with Crippen LogP contribution in [0.15, 0.2) is 12.3 Å². The average molecular weight is 197 g/mol. The SMILES string of the molecule is CCC(C)(O)CNCc1ccn(C)n1. The molecule has 0 radical (unpaired) electrons. The van der Waals surface area contributed by atoms with Gasteiger partial charge in [-0.25, -0.2) is 0 Å². The summed E-state index contributed by atoms with van der Waals surface area (Å²) in [5, 5.41) is 17.1. The molecule has 1 atom stereocenters. The van der Waals surface area contributed by atoms with Crippen molar-refractivity contribution in [1.29, 1.82) is 0 Å². The van der Waals surface area contributed by atoms with Crippen molar-refractivity contribution in [2.45, 2.75) is 32.4 Å². The first kappa shape index (κ1) is 11.2. The molecule has 0 bridgehead atoms. The second-order valence-corrected chi connectivity index (χ2v) is 3.93. The zero-order chi connectivity index (χ0) is 10.6. The highest BCUT2D eigenvalue weighted by molar-refractivity contribution is 4.98. The number of aryl methyl sites for hydroxylation is 1. The molecule has 0 saturated carbocycles. The van der Waals surface area contributed by atoms with Gasteiger partial charge in [0.1, 0.15) is 0 Å². The van der Waals surface area contributed by atoms with Gasteiger partial charge in [0.15, 0.2) is 0 Å². The van der Waals surface area contributed by atoms with Gasteiger partial charge in [-0.3, -0.25) is 4.68 Å². The van der Waals surface area contributed by atoms with Crippen LogP contribution in [0.1, 0.15) is 26.0 Å². The van der Waals surface area contributed by atoms with Gasteiger partial charge in [0.2, 0.25) is 0 Å². The van der Waals surface area contributed by atoms with Crippen LogP contribution in [0, 0.1) is 0 Å². The highest BCUT2D eigenvalue weighted by Gasteiger charge is 2.16. The fourth-order valence-electron chi connectivity index (χ4n) is 1.14. The lowest BCUT2D eigenvalue weighted by Gasteiger charge is -2.21. The van der Waals surface area contributed by atoms with Crippen LogP contribution in [-0.2, 0) is 13.6 Å². The van der Waals surface area contributed by atoms with E-state index in [1.807, 2.05) is 33.2 Å². The molecule has 1 heterocycles. The molecular weight excluding hydrogens is 178 g/mol. The van der Waals surface area contributed by atoms with E-state index >= 15 is 0 Å². The van der Waals surface area contributed by atoms with Gasteiger partial charge in [-0.05, 0) is 19.4 Å². The lowest BCUT2D eigenvalue weighted by molar-refractivity contribution is 0.0555. The smallest absolute Gasteiger partial charge is 0.0762 e. The highest BCUT2D eigenvalue weighted by atomic mass is 16.3. The summed E-state index contributed by atoms with van der Waals surface area (Å²) in [4.78, 5) is 0. The van der Waals surface area contributed by atoms with Gasteiger partial charge in [-0.2, -0.15) is 5.10 Å². The van der Waals surface area contributed by atoms with E-state index in [0.717, 1.165) is 12.1 Å². The lowest BCUT2D eigenvalue weighted by Crippen LogP contribution is -2.36. The molecule has 0 amide bonds. The molecule has 14 heavy (non-hydrogen) atoms.